The standard InChI is InChI=1S/C12H20O4/c1-5-9(13)6(2)11-7(3)10(14)8(4)12(15)16-11/h6-7,9,11,13-14H,5H2,1-4H3/t6-,7+,9+,11+/m1/s1. The fourth-order valence-corrected chi connectivity index (χ4v) is 2.07. The molecule has 0 saturated heterocycles. The molecule has 0 unspecified atom stereocenters. The molecule has 0 saturated carbocycles. The number of hydrogen-bond donors (Lipinski definition) is 2. The summed E-state index contributed by atoms with van der Waals surface area (Å²) in [5.74, 6) is -0.847. The van der Waals surface area contributed by atoms with Crippen LogP contribution in [0.3, 0.4) is 0 Å². The normalized spacial score (nSPS) is 29.9. The SMILES string of the molecule is CC[C@H](O)[C@@H](C)[C@@H]1OC(=O)C(C)=C(O)[C@@H]1C. The molecule has 0 aromatic rings. The Morgan fingerprint density at radius 2 is 2.06 bits per heavy atom. The highest BCUT2D eigenvalue weighted by molar-refractivity contribution is 5.89. The minimum atomic E-state index is -0.522. The van der Waals surface area contributed by atoms with E-state index in [9.17, 15) is 15.0 Å². The van der Waals surface area contributed by atoms with E-state index in [1.54, 1.807) is 13.8 Å². The van der Waals surface area contributed by atoms with Crippen LogP contribution in [0.5, 0.6) is 0 Å². The second kappa shape index (κ2) is 4.87. The number of ether oxygens (including phenoxy) is 1. The lowest BCUT2D eigenvalue weighted by Crippen LogP contribution is -2.41. The largest absolute Gasteiger partial charge is 0.511 e. The Morgan fingerprint density at radius 3 is 2.56 bits per heavy atom. The maximum Gasteiger partial charge on any atom is 0.337 e. The summed E-state index contributed by atoms with van der Waals surface area (Å²) in [6, 6.07) is 0. The molecule has 0 spiro atoms. The average molecular weight is 228 g/mol. The van der Waals surface area contributed by atoms with E-state index in [1.807, 2.05) is 13.8 Å². The zero-order chi connectivity index (χ0) is 12.5. The van der Waals surface area contributed by atoms with Crippen LogP contribution in [0.2, 0.25) is 0 Å². The van der Waals surface area contributed by atoms with Crippen molar-refractivity contribution in [2.75, 3.05) is 0 Å². The number of carbonyl (C=O) groups is 1. The molecule has 4 atom stereocenters. The van der Waals surface area contributed by atoms with Crippen LogP contribution in [-0.2, 0) is 9.53 Å². The Morgan fingerprint density at radius 1 is 1.50 bits per heavy atom. The fraction of sp³-hybridized carbons (Fsp3) is 0.750. The summed E-state index contributed by atoms with van der Waals surface area (Å²) in [6.07, 6.45) is -0.372. The lowest BCUT2D eigenvalue weighted by molar-refractivity contribution is -0.156. The van der Waals surface area contributed by atoms with Crippen molar-refractivity contribution in [3.05, 3.63) is 11.3 Å². The van der Waals surface area contributed by atoms with Crippen molar-refractivity contribution >= 4 is 5.97 Å². The minimum absolute atomic E-state index is 0.0800. The number of hydrogen-bond acceptors (Lipinski definition) is 4. The third-order valence-corrected chi connectivity index (χ3v) is 3.40. The van der Waals surface area contributed by atoms with Gasteiger partial charge in [0.1, 0.15) is 11.9 Å². The molecule has 0 amide bonds. The topological polar surface area (TPSA) is 66.8 Å². The molecule has 1 aliphatic heterocycles. The fourth-order valence-electron chi connectivity index (χ4n) is 2.07. The summed E-state index contributed by atoms with van der Waals surface area (Å²) in [4.78, 5) is 11.5. The molecule has 2 N–H and O–H groups in total. The smallest absolute Gasteiger partial charge is 0.337 e. The summed E-state index contributed by atoms with van der Waals surface area (Å²) in [6.45, 7) is 7.05. The van der Waals surface area contributed by atoms with Crippen molar-refractivity contribution in [2.24, 2.45) is 11.8 Å². The highest BCUT2D eigenvalue weighted by Crippen LogP contribution is 2.31. The predicted octanol–water partition coefficient (Wildman–Crippen LogP) is 1.79. The highest BCUT2D eigenvalue weighted by atomic mass is 16.5. The monoisotopic (exact) mass is 228 g/mol. The van der Waals surface area contributed by atoms with Gasteiger partial charge in [-0.2, -0.15) is 0 Å². The van der Waals surface area contributed by atoms with E-state index in [4.69, 9.17) is 4.74 Å². The zero-order valence-corrected chi connectivity index (χ0v) is 10.2. The number of aliphatic hydroxyl groups is 2. The summed E-state index contributed by atoms with van der Waals surface area (Å²) in [5, 5.41) is 19.5. The van der Waals surface area contributed by atoms with Crippen molar-refractivity contribution in [3.8, 4) is 0 Å². The molecule has 1 aliphatic rings. The van der Waals surface area contributed by atoms with E-state index in [-0.39, 0.29) is 23.2 Å². The van der Waals surface area contributed by atoms with Crippen LogP contribution < -0.4 is 0 Å². The molecule has 0 bridgehead atoms. The molecule has 1 heterocycles. The van der Waals surface area contributed by atoms with Crippen LogP contribution in [0.15, 0.2) is 11.3 Å². The Hall–Kier alpha value is -1.03. The van der Waals surface area contributed by atoms with Crippen LogP contribution in [-0.4, -0.2) is 28.4 Å². The van der Waals surface area contributed by atoms with Crippen LogP contribution in [0, 0.1) is 11.8 Å². The summed E-state index contributed by atoms with van der Waals surface area (Å²) < 4.78 is 5.25. The summed E-state index contributed by atoms with van der Waals surface area (Å²) in [5.41, 5.74) is 0.266. The van der Waals surface area contributed by atoms with Crippen molar-refractivity contribution in [2.45, 2.75) is 46.3 Å². The van der Waals surface area contributed by atoms with Gasteiger partial charge >= 0.3 is 5.97 Å². The van der Waals surface area contributed by atoms with E-state index in [0.29, 0.717) is 6.42 Å². The first-order valence-electron chi connectivity index (χ1n) is 5.68. The number of esters is 1. The van der Waals surface area contributed by atoms with Gasteiger partial charge in [-0.15, -0.1) is 0 Å². The number of carbonyl (C=O) groups excluding carboxylic acids is 1. The van der Waals surface area contributed by atoms with Crippen LogP contribution >= 0.6 is 0 Å². The third kappa shape index (κ3) is 2.21. The van der Waals surface area contributed by atoms with Gasteiger partial charge in [0.15, 0.2) is 0 Å². The van der Waals surface area contributed by atoms with Crippen LogP contribution in [0.25, 0.3) is 0 Å². The van der Waals surface area contributed by atoms with Gasteiger partial charge in [-0.05, 0) is 13.3 Å². The van der Waals surface area contributed by atoms with E-state index in [1.165, 1.54) is 0 Å². The van der Waals surface area contributed by atoms with Gasteiger partial charge in [-0.1, -0.05) is 20.8 Å². The molecule has 0 aromatic heterocycles. The molecular weight excluding hydrogens is 208 g/mol. The lowest BCUT2D eigenvalue weighted by atomic mass is 9.84. The summed E-state index contributed by atoms with van der Waals surface area (Å²) >= 11 is 0. The molecular formula is C12H20O4. The molecule has 16 heavy (non-hydrogen) atoms. The van der Waals surface area contributed by atoms with Gasteiger partial charge in [0, 0.05) is 5.92 Å². The molecule has 0 aliphatic carbocycles. The number of rotatable bonds is 3. The Labute approximate surface area is 95.9 Å². The number of cyclic esters (lactones) is 1. The predicted molar refractivity (Wildman–Crippen MR) is 59.8 cm³/mol. The Kier molecular flexibility index (Phi) is 3.97. The molecule has 0 fully saturated rings. The van der Waals surface area contributed by atoms with Gasteiger partial charge in [-0.25, -0.2) is 4.79 Å². The first kappa shape index (κ1) is 13.0. The highest BCUT2D eigenvalue weighted by Gasteiger charge is 2.38. The van der Waals surface area contributed by atoms with Crippen LogP contribution in [0.1, 0.15) is 34.1 Å². The zero-order valence-electron chi connectivity index (χ0n) is 10.2. The summed E-state index contributed by atoms with van der Waals surface area (Å²) in [7, 11) is 0. The van der Waals surface area contributed by atoms with E-state index < -0.39 is 18.2 Å². The molecule has 4 nitrogen and oxygen atoms in total. The maximum absolute atomic E-state index is 11.5. The maximum atomic E-state index is 11.5. The molecule has 0 aromatic carbocycles. The van der Waals surface area contributed by atoms with Crippen molar-refractivity contribution in [1.29, 1.82) is 0 Å². The lowest BCUT2D eigenvalue weighted by Gasteiger charge is -2.35. The van der Waals surface area contributed by atoms with Gasteiger partial charge in [0.25, 0.3) is 0 Å². The average Bonchev–Trinajstić information content (AvgIpc) is 2.29. The Balaban J connectivity index is 2.90. The van der Waals surface area contributed by atoms with Gasteiger partial charge in [-0.3, -0.25) is 0 Å². The molecule has 92 valence electrons. The quantitative estimate of drug-likeness (QED) is 0.723. The van der Waals surface area contributed by atoms with Gasteiger partial charge in [0.2, 0.25) is 0 Å². The van der Waals surface area contributed by atoms with Gasteiger partial charge in [0.05, 0.1) is 17.6 Å². The van der Waals surface area contributed by atoms with E-state index in [2.05, 4.69) is 0 Å². The van der Waals surface area contributed by atoms with E-state index >= 15 is 0 Å². The molecule has 0 radical (unpaired) electrons. The minimum Gasteiger partial charge on any atom is -0.511 e. The molecule has 1 rings (SSSR count). The van der Waals surface area contributed by atoms with Crippen molar-refractivity contribution in [1.82, 2.24) is 0 Å². The second-order valence-corrected chi connectivity index (χ2v) is 4.50. The molecule has 4 heteroatoms. The van der Waals surface area contributed by atoms with E-state index in [0.717, 1.165) is 0 Å². The Bertz CT molecular complexity index is 308. The third-order valence-electron chi connectivity index (χ3n) is 3.40. The number of aliphatic hydroxyl groups excluding tert-OH is 2. The first-order chi connectivity index (χ1) is 7.40. The van der Waals surface area contributed by atoms with Crippen molar-refractivity contribution < 1.29 is 19.7 Å². The van der Waals surface area contributed by atoms with Crippen molar-refractivity contribution in [3.63, 3.8) is 0 Å². The van der Waals surface area contributed by atoms with Gasteiger partial charge < -0.3 is 14.9 Å². The van der Waals surface area contributed by atoms with Crippen LogP contribution in [0.4, 0.5) is 0 Å². The second-order valence-electron chi connectivity index (χ2n) is 4.50. The first-order valence-corrected chi connectivity index (χ1v) is 5.68.